The molecule has 0 aliphatic carbocycles. The summed E-state index contributed by atoms with van der Waals surface area (Å²) in [5.41, 5.74) is 0. The molecule has 0 fully saturated rings. The molecule has 0 spiro atoms. The van der Waals surface area contributed by atoms with Gasteiger partial charge in [0.1, 0.15) is 11.6 Å². The predicted octanol–water partition coefficient (Wildman–Crippen LogP) is -1.30. The number of carbonyl (C=O) groups excluding carboxylic acids is 4. The molecule has 2 atom stereocenters. The van der Waals surface area contributed by atoms with Gasteiger partial charge in [0, 0.05) is 0 Å². The van der Waals surface area contributed by atoms with Crippen molar-refractivity contribution >= 4 is 23.5 Å². The van der Waals surface area contributed by atoms with Gasteiger partial charge in [0.05, 0.1) is 23.8 Å². The Morgan fingerprint density at radius 1 is 0.789 bits per heavy atom. The van der Waals surface area contributed by atoms with Gasteiger partial charge in [0.25, 0.3) is 0 Å². The predicted molar refractivity (Wildman–Crippen MR) is 58.9 cm³/mol. The average molecular weight is 453 g/mol. The van der Waals surface area contributed by atoms with Crippen LogP contribution in [0.1, 0.15) is 40.5 Å². The maximum absolute atomic E-state index is 10.4. The second kappa shape index (κ2) is 12.0. The van der Waals surface area contributed by atoms with Crippen molar-refractivity contribution in [1.29, 1.82) is 0 Å². The molecule has 6 nitrogen and oxygen atoms in total. The van der Waals surface area contributed by atoms with Crippen molar-refractivity contribution in [2.45, 2.75) is 40.5 Å². The van der Waals surface area contributed by atoms with Crippen LogP contribution >= 0.6 is 0 Å². The second-order valence-corrected chi connectivity index (χ2v) is 3.78. The van der Waals surface area contributed by atoms with Gasteiger partial charge in [-0.3, -0.25) is 9.59 Å². The first-order chi connectivity index (χ1) is 8.18. The zero-order valence-electron chi connectivity index (χ0n) is 11.3. The van der Waals surface area contributed by atoms with E-state index in [2.05, 4.69) is 0 Å². The molecule has 0 saturated heterocycles. The van der Waals surface area contributed by atoms with Gasteiger partial charge < -0.3 is 19.8 Å². The third kappa shape index (κ3) is 10.6. The van der Waals surface area contributed by atoms with E-state index >= 15 is 0 Å². The van der Waals surface area contributed by atoms with E-state index in [4.69, 9.17) is 0 Å². The van der Waals surface area contributed by atoms with Gasteiger partial charge in [-0.05, 0) is 26.7 Å². The molecule has 2 unspecified atom stereocenters. The molecule has 0 heterocycles. The number of ketones is 2. The Labute approximate surface area is 126 Å². The number of hydrogen-bond acceptors (Lipinski definition) is 6. The molecule has 0 N–H and O–H groups in total. The zero-order valence-corrected chi connectivity index (χ0v) is 13.6. The summed E-state index contributed by atoms with van der Waals surface area (Å²) in [5, 5.41) is 20.1. The van der Waals surface area contributed by atoms with Crippen molar-refractivity contribution in [2.75, 3.05) is 0 Å². The number of rotatable bonds is 6. The summed E-state index contributed by atoms with van der Waals surface area (Å²) in [6.07, 6.45) is 0.634. The summed E-state index contributed by atoms with van der Waals surface area (Å²) < 4.78 is 0. The molecule has 19 heavy (non-hydrogen) atoms. The summed E-state index contributed by atoms with van der Waals surface area (Å²) >= 11 is 0. The number of hydrogen-bond donors (Lipinski definition) is 0. The summed E-state index contributed by atoms with van der Waals surface area (Å²) in [5.74, 6) is -5.04. The Hall–Kier alpha value is -1.03. The van der Waals surface area contributed by atoms with E-state index in [1.54, 1.807) is 13.8 Å². The summed E-state index contributed by atoms with van der Waals surface area (Å²) in [6.45, 7) is 5.79. The summed E-state index contributed by atoms with van der Waals surface area (Å²) in [7, 11) is 0. The molecule has 0 radical (unpaired) electrons. The van der Waals surface area contributed by atoms with Crippen molar-refractivity contribution in [1.82, 2.24) is 0 Å². The number of aliphatic carboxylic acids is 2. The van der Waals surface area contributed by atoms with Gasteiger partial charge in [-0.15, -0.1) is 0 Å². The van der Waals surface area contributed by atoms with Gasteiger partial charge >= 0.3 is 21.1 Å². The van der Waals surface area contributed by atoms with E-state index in [-0.39, 0.29) is 32.6 Å². The molecule has 0 aliphatic heterocycles. The van der Waals surface area contributed by atoms with Crippen LogP contribution in [0.2, 0.25) is 0 Å². The van der Waals surface area contributed by atoms with E-state index in [1.807, 2.05) is 0 Å². The topological polar surface area (TPSA) is 114 Å². The Morgan fingerprint density at radius 2 is 1.00 bits per heavy atom. The molecule has 112 valence electrons. The molecule has 0 aliphatic rings. The van der Waals surface area contributed by atoms with Gasteiger partial charge in [0.15, 0.2) is 0 Å². The van der Waals surface area contributed by atoms with Crippen LogP contribution in [0.3, 0.4) is 0 Å². The van der Waals surface area contributed by atoms with Crippen LogP contribution in [0.25, 0.3) is 0 Å². The van der Waals surface area contributed by atoms with Crippen LogP contribution in [0.15, 0.2) is 0 Å². The first-order valence-corrected chi connectivity index (χ1v) is 5.61. The van der Waals surface area contributed by atoms with Gasteiger partial charge in [-0.1, -0.05) is 13.8 Å². The van der Waals surface area contributed by atoms with E-state index in [1.165, 1.54) is 13.8 Å². The minimum absolute atomic E-state index is 0. The van der Waals surface area contributed by atoms with E-state index in [0.29, 0.717) is 12.8 Å². The molecule has 0 aromatic carbocycles. The number of carboxylic acids is 2. The number of Topliss-reactive ketones (excluding diaryl/α,β-unsaturated/α-hetero) is 2. The molecule has 0 rings (SSSR count). The molecule has 0 bridgehead atoms. The summed E-state index contributed by atoms with van der Waals surface area (Å²) in [4.78, 5) is 40.9. The normalized spacial score (nSPS) is 12.0. The SMILES string of the molecule is CCC(C(C)=O)C(=O)[O-].CCC(C(C)=O)C(=O)[O-].[Pt+2]. The fraction of sp³-hybridized carbons (Fsp3) is 0.667. The van der Waals surface area contributed by atoms with Crippen molar-refractivity contribution < 1.29 is 50.5 Å². The molecule has 0 aromatic heterocycles. The average Bonchev–Trinajstić information content (AvgIpc) is 2.17. The first kappa shape index (κ1) is 23.1. The fourth-order valence-corrected chi connectivity index (χ4v) is 1.24. The minimum atomic E-state index is -1.27. The Morgan fingerprint density at radius 3 is 1.00 bits per heavy atom. The van der Waals surface area contributed by atoms with Gasteiger partial charge in [0.2, 0.25) is 0 Å². The molecule has 0 saturated carbocycles. The number of carboxylic acid groups (broad SMARTS) is 2. The van der Waals surface area contributed by atoms with Crippen molar-refractivity contribution in [3.05, 3.63) is 0 Å². The van der Waals surface area contributed by atoms with Crippen LogP contribution in [0, 0.1) is 11.8 Å². The van der Waals surface area contributed by atoms with Crippen molar-refractivity contribution in [3.8, 4) is 0 Å². The Kier molecular flexibility index (Phi) is 14.6. The largest absolute Gasteiger partial charge is 2.00 e. The molecule has 7 heteroatoms. The van der Waals surface area contributed by atoms with E-state index < -0.39 is 23.8 Å². The van der Waals surface area contributed by atoms with Crippen molar-refractivity contribution in [2.24, 2.45) is 11.8 Å². The molecular formula is C12H18O6Pt. The standard InChI is InChI=1S/2C6H10O3.Pt/c2*1-3-5(4(2)7)6(8)9;/h2*5H,3H2,1-2H3,(H,8,9);/q;;+2/p-2. The molecular weight excluding hydrogens is 435 g/mol. The van der Waals surface area contributed by atoms with Gasteiger partial charge in [-0.2, -0.15) is 0 Å². The third-order valence-corrected chi connectivity index (χ3v) is 2.37. The fourth-order valence-electron chi connectivity index (χ4n) is 1.24. The van der Waals surface area contributed by atoms with Crippen LogP contribution in [0.4, 0.5) is 0 Å². The van der Waals surface area contributed by atoms with E-state index in [0.717, 1.165) is 0 Å². The maximum Gasteiger partial charge on any atom is 2.00 e. The monoisotopic (exact) mass is 453 g/mol. The smallest absolute Gasteiger partial charge is 0.549 e. The number of carbonyl (C=O) groups is 4. The molecule has 0 aromatic rings. The first-order valence-electron chi connectivity index (χ1n) is 5.61. The van der Waals surface area contributed by atoms with Crippen LogP contribution in [0.5, 0.6) is 0 Å². The Balaban J connectivity index is -0.000000256. The minimum Gasteiger partial charge on any atom is -0.549 e. The maximum atomic E-state index is 10.4. The third-order valence-electron chi connectivity index (χ3n) is 2.37. The van der Waals surface area contributed by atoms with Crippen molar-refractivity contribution in [3.63, 3.8) is 0 Å². The molecule has 0 amide bonds. The zero-order chi connectivity index (χ0) is 14.9. The quantitative estimate of drug-likeness (QED) is 0.462. The second-order valence-electron chi connectivity index (χ2n) is 3.78. The summed E-state index contributed by atoms with van der Waals surface area (Å²) in [6, 6.07) is 0. The Bertz CT molecular complexity index is 266. The van der Waals surface area contributed by atoms with Crippen LogP contribution < -0.4 is 10.2 Å². The van der Waals surface area contributed by atoms with E-state index in [9.17, 15) is 29.4 Å². The van der Waals surface area contributed by atoms with Crippen LogP contribution in [-0.2, 0) is 40.2 Å². The van der Waals surface area contributed by atoms with Crippen LogP contribution in [-0.4, -0.2) is 23.5 Å². The van der Waals surface area contributed by atoms with Gasteiger partial charge in [-0.25, -0.2) is 0 Å².